The average molecular weight is 621 g/mol. The lowest BCUT2D eigenvalue weighted by molar-refractivity contribution is -0.423. The van der Waals surface area contributed by atoms with Gasteiger partial charge in [0.2, 0.25) is 0 Å². The molecule has 0 spiro atoms. The van der Waals surface area contributed by atoms with Crippen LogP contribution in [0.25, 0.3) is 0 Å². The largest absolute Gasteiger partial charge is 0.482 e. The molecule has 1 N–H and O–H groups in total. The van der Waals surface area contributed by atoms with Gasteiger partial charge in [-0.05, 0) is 99.3 Å². The number of nitro benzene ring substituents is 1. The minimum atomic E-state index is -2.08. The summed E-state index contributed by atoms with van der Waals surface area (Å²) in [6.07, 6.45) is -0.500. The maximum absolute atomic E-state index is 13.2. The van der Waals surface area contributed by atoms with Gasteiger partial charge in [0.15, 0.2) is 5.75 Å². The first-order valence-corrected chi connectivity index (χ1v) is 14.8. The van der Waals surface area contributed by atoms with Crippen LogP contribution < -0.4 is 10.1 Å². The molecule has 1 amide bonds. The van der Waals surface area contributed by atoms with E-state index in [1.807, 2.05) is 30.3 Å². The lowest BCUT2D eigenvalue weighted by Crippen LogP contribution is -2.69. The van der Waals surface area contributed by atoms with E-state index in [9.17, 15) is 19.5 Å². The highest BCUT2D eigenvalue weighted by atomic mass is 31.1. The highest BCUT2D eigenvalue weighted by molar-refractivity contribution is 7.17. The Morgan fingerprint density at radius 2 is 1.44 bits per heavy atom. The summed E-state index contributed by atoms with van der Waals surface area (Å²) >= 11 is 0. The molecule has 238 valence electrons. The molecule has 0 fully saturated rings. The number of nitro groups is 1. The third kappa shape index (κ3) is 11.5. The van der Waals surface area contributed by atoms with Gasteiger partial charge in [0.25, 0.3) is 0 Å². The van der Waals surface area contributed by atoms with E-state index < -0.39 is 48.0 Å². The molecule has 0 aliphatic heterocycles. The fourth-order valence-electron chi connectivity index (χ4n) is 4.17. The number of ether oxygens (including phenoxy) is 4. The second-order valence-electron chi connectivity index (χ2n) is 13.4. The molecular weight excluding hydrogens is 575 g/mol. The molecule has 43 heavy (non-hydrogen) atoms. The molecule has 0 saturated carbocycles. The van der Waals surface area contributed by atoms with Crippen molar-refractivity contribution >= 4 is 20.5 Å². The van der Waals surface area contributed by atoms with Crippen LogP contribution in [0.5, 0.6) is 5.75 Å². The van der Waals surface area contributed by atoms with Crippen LogP contribution in [-0.4, -0.2) is 39.3 Å². The average Bonchev–Trinajstić information content (AvgIpc) is 2.84. The summed E-state index contributed by atoms with van der Waals surface area (Å²) in [6, 6.07) is 14.0. The summed E-state index contributed by atoms with van der Waals surface area (Å²) in [5.41, 5.74) is -2.87. The molecule has 12 heteroatoms. The first kappa shape index (κ1) is 36.1. The first-order valence-electron chi connectivity index (χ1n) is 14.0. The fourth-order valence-corrected chi connectivity index (χ4v) is 4.55. The summed E-state index contributed by atoms with van der Waals surface area (Å²) in [7, 11) is -0.756. The van der Waals surface area contributed by atoms with Crippen LogP contribution in [0.15, 0.2) is 48.5 Å². The van der Waals surface area contributed by atoms with Gasteiger partial charge in [0.05, 0.1) is 16.1 Å². The summed E-state index contributed by atoms with van der Waals surface area (Å²) in [5.74, 6) is -1.95. The quantitative estimate of drug-likeness (QED) is 0.103. The predicted molar refractivity (Wildman–Crippen MR) is 163 cm³/mol. The lowest BCUT2D eigenvalue weighted by atomic mass is 9.89. The molecule has 0 aromatic heterocycles. The molecule has 2 aromatic rings. The summed E-state index contributed by atoms with van der Waals surface area (Å²) < 4.78 is 41.7. The number of aryl methyl sites for hydroxylation is 1. The van der Waals surface area contributed by atoms with Gasteiger partial charge in [0, 0.05) is 6.07 Å². The molecule has 2 aromatic carbocycles. The number of amides is 1. The minimum Gasteiger partial charge on any atom is -0.482 e. The summed E-state index contributed by atoms with van der Waals surface area (Å²) in [5, 5.41) is 14.8. The van der Waals surface area contributed by atoms with Crippen molar-refractivity contribution in [2.24, 2.45) is 0 Å². The zero-order chi connectivity index (χ0) is 32.7. The van der Waals surface area contributed by atoms with Gasteiger partial charge in [-0.3, -0.25) is 10.1 Å². The van der Waals surface area contributed by atoms with Crippen LogP contribution >= 0.6 is 8.69 Å². The maximum atomic E-state index is 13.2. The molecule has 0 saturated heterocycles. The normalized spacial score (nSPS) is 14.2. The number of rotatable bonds is 13. The lowest BCUT2D eigenvalue weighted by Gasteiger charge is -2.50. The van der Waals surface area contributed by atoms with Gasteiger partial charge < -0.3 is 24.3 Å². The van der Waals surface area contributed by atoms with Crippen molar-refractivity contribution in [1.29, 1.82) is 0 Å². The second-order valence-corrected chi connectivity index (χ2v) is 13.8. The minimum absolute atomic E-state index is 0.0787. The molecule has 1 atom stereocenters. The Morgan fingerprint density at radius 3 is 1.93 bits per heavy atom. The van der Waals surface area contributed by atoms with E-state index in [1.54, 1.807) is 81.4 Å². The molecule has 0 heterocycles. The predicted octanol–water partition coefficient (Wildman–Crippen LogP) is 7.90. The summed E-state index contributed by atoms with van der Waals surface area (Å²) in [4.78, 5) is 24.6. The number of benzene rings is 2. The highest BCUT2D eigenvalue weighted by Gasteiger charge is 2.58. The van der Waals surface area contributed by atoms with Gasteiger partial charge >= 0.3 is 26.4 Å². The molecule has 0 aliphatic rings. The number of alkyl carbamates (subject to hydrolysis) is 1. The Hall–Kier alpha value is -3.11. The number of carbonyl (C=O) groups is 1. The SMILES string of the molecule is CC(C)(C)OC(=O)NC(C)(CCc1ccc(OCc2ccccc2)c([N+](=O)[O-])c1)C(OP=O)(OC(C)(C)C)OC(C)(C)C. The van der Waals surface area contributed by atoms with Crippen molar-refractivity contribution in [3.8, 4) is 5.75 Å². The van der Waals surface area contributed by atoms with Crippen LogP contribution in [0.4, 0.5) is 10.5 Å². The van der Waals surface area contributed by atoms with E-state index in [4.69, 9.17) is 23.5 Å². The Labute approximate surface area is 256 Å². The molecule has 0 radical (unpaired) electrons. The smallest absolute Gasteiger partial charge is 0.408 e. The second kappa shape index (κ2) is 14.1. The standard InChI is InChI=1S/C31H45N2O9P/c1-27(2,3)39-26(34)32-30(10,31(42-43-37,40-28(4,5)6)41-29(7,8)9)19-18-22-16-17-25(24(20-22)33(35)36)38-21-23-14-12-11-13-15-23/h11-17,20H,18-19,21H2,1-10H3,(H,32,34). The van der Waals surface area contributed by atoms with Gasteiger partial charge in [-0.25, -0.2) is 13.9 Å². The number of nitrogens with one attached hydrogen (secondary N) is 1. The summed E-state index contributed by atoms with van der Waals surface area (Å²) in [6.45, 7) is 17.6. The Balaban J connectivity index is 2.52. The molecule has 2 rings (SSSR count). The number of hydrogen-bond acceptors (Lipinski definition) is 9. The highest BCUT2D eigenvalue weighted by Crippen LogP contribution is 2.42. The van der Waals surface area contributed by atoms with Crippen LogP contribution in [0.3, 0.4) is 0 Å². The number of hydrogen-bond donors (Lipinski definition) is 1. The topological polar surface area (TPSA) is 135 Å². The van der Waals surface area contributed by atoms with Crippen molar-refractivity contribution in [2.45, 2.75) is 117 Å². The van der Waals surface area contributed by atoms with Gasteiger partial charge in [0.1, 0.15) is 17.7 Å². The zero-order valence-electron chi connectivity index (χ0n) is 26.8. The molecule has 1 unspecified atom stereocenters. The van der Waals surface area contributed by atoms with Gasteiger partial charge in [-0.1, -0.05) is 36.4 Å². The Morgan fingerprint density at radius 1 is 0.860 bits per heavy atom. The first-order chi connectivity index (χ1) is 19.7. The van der Waals surface area contributed by atoms with Crippen molar-refractivity contribution in [3.05, 3.63) is 69.8 Å². The molecular formula is C31H45N2O9P. The van der Waals surface area contributed by atoms with Crippen molar-refractivity contribution in [3.63, 3.8) is 0 Å². The van der Waals surface area contributed by atoms with E-state index >= 15 is 0 Å². The third-order valence-electron chi connectivity index (χ3n) is 5.86. The molecule has 11 nitrogen and oxygen atoms in total. The van der Waals surface area contributed by atoms with Crippen LogP contribution in [0, 0.1) is 10.1 Å². The van der Waals surface area contributed by atoms with Gasteiger partial charge in [-0.2, -0.15) is 0 Å². The van der Waals surface area contributed by atoms with E-state index in [0.717, 1.165) is 5.56 Å². The molecule has 0 aliphatic carbocycles. The maximum Gasteiger partial charge on any atom is 0.408 e. The van der Waals surface area contributed by atoms with E-state index in [1.165, 1.54) is 6.07 Å². The fraction of sp³-hybridized carbons (Fsp3) is 0.581. The van der Waals surface area contributed by atoms with Gasteiger partial charge in [-0.15, -0.1) is 0 Å². The van der Waals surface area contributed by atoms with E-state index in [-0.39, 0.29) is 30.9 Å². The monoisotopic (exact) mass is 620 g/mol. The van der Waals surface area contributed by atoms with Crippen molar-refractivity contribution < 1.29 is 37.8 Å². The van der Waals surface area contributed by atoms with E-state index in [0.29, 0.717) is 5.56 Å². The van der Waals surface area contributed by atoms with Crippen LogP contribution in [0.2, 0.25) is 0 Å². The molecule has 0 bridgehead atoms. The van der Waals surface area contributed by atoms with Crippen molar-refractivity contribution in [1.82, 2.24) is 5.32 Å². The zero-order valence-corrected chi connectivity index (χ0v) is 27.7. The van der Waals surface area contributed by atoms with Crippen molar-refractivity contribution in [2.75, 3.05) is 0 Å². The third-order valence-corrected chi connectivity index (χ3v) is 6.18. The Bertz CT molecular complexity index is 1230. The van der Waals surface area contributed by atoms with E-state index in [2.05, 4.69) is 5.32 Å². The number of nitrogens with zero attached hydrogens (tertiary/aromatic N) is 1. The Kier molecular flexibility index (Phi) is 11.8. The van der Waals surface area contributed by atoms with Crippen LogP contribution in [0.1, 0.15) is 86.8 Å². The van der Waals surface area contributed by atoms with Crippen LogP contribution in [-0.2, 0) is 36.3 Å². The number of carbonyl (C=O) groups excluding carboxylic acids is 1.